The van der Waals surface area contributed by atoms with Gasteiger partial charge in [0.15, 0.2) is 5.82 Å². The minimum absolute atomic E-state index is 0.00783. The molecule has 2 N–H and O–H groups in total. The van der Waals surface area contributed by atoms with Crippen LogP contribution in [0.2, 0.25) is 0 Å². The van der Waals surface area contributed by atoms with Gasteiger partial charge in [-0.2, -0.15) is 4.98 Å². The fraction of sp³-hybridized carbons (Fsp3) is 0.273. The molecule has 0 spiro atoms. The molecule has 6 heteroatoms. The molecule has 0 fully saturated rings. The van der Waals surface area contributed by atoms with E-state index in [1.54, 1.807) is 0 Å². The van der Waals surface area contributed by atoms with E-state index >= 15 is 0 Å². The van der Waals surface area contributed by atoms with Crippen LogP contribution < -0.4 is 5.73 Å². The van der Waals surface area contributed by atoms with Gasteiger partial charge in [-0.05, 0) is 18.2 Å². The van der Waals surface area contributed by atoms with Crippen LogP contribution in [-0.4, -0.2) is 10.1 Å². The lowest BCUT2D eigenvalue weighted by atomic mass is 10.1. The van der Waals surface area contributed by atoms with E-state index in [1.165, 1.54) is 0 Å². The molecule has 4 nitrogen and oxygen atoms in total. The lowest BCUT2D eigenvalue weighted by Crippen LogP contribution is -2.15. The quantitative estimate of drug-likeness (QED) is 0.889. The largest absolute Gasteiger partial charge is 0.339 e. The van der Waals surface area contributed by atoms with Crippen molar-refractivity contribution in [1.82, 2.24) is 10.1 Å². The van der Waals surface area contributed by atoms with Crippen molar-refractivity contribution in [3.8, 4) is 0 Å². The summed E-state index contributed by atoms with van der Waals surface area (Å²) in [7, 11) is 0. The highest BCUT2D eigenvalue weighted by Crippen LogP contribution is 2.21. The van der Waals surface area contributed by atoms with Crippen molar-refractivity contribution in [1.29, 1.82) is 0 Å². The molecule has 0 aliphatic heterocycles. The summed E-state index contributed by atoms with van der Waals surface area (Å²) >= 11 is 0. The predicted molar refractivity (Wildman–Crippen MR) is 56.1 cm³/mol. The van der Waals surface area contributed by atoms with Gasteiger partial charge >= 0.3 is 0 Å². The van der Waals surface area contributed by atoms with Crippen LogP contribution in [0.3, 0.4) is 0 Å². The second-order valence-electron chi connectivity index (χ2n) is 3.54. The Morgan fingerprint density at radius 2 is 2.18 bits per heavy atom. The maximum Gasteiger partial charge on any atom is 0.226 e. The number of aromatic nitrogens is 2. The van der Waals surface area contributed by atoms with Gasteiger partial charge in [-0.1, -0.05) is 12.1 Å². The molecule has 17 heavy (non-hydrogen) atoms. The highest BCUT2D eigenvalue weighted by Gasteiger charge is 2.19. The third-order valence-corrected chi connectivity index (χ3v) is 2.36. The third kappa shape index (κ3) is 2.31. The summed E-state index contributed by atoms with van der Waals surface area (Å²) in [5, 5.41) is 3.63. The molecule has 1 atom stereocenters. The summed E-state index contributed by atoms with van der Waals surface area (Å²) in [4.78, 5) is 3.98. The summed E-state index contributed by atoms with van der Waals surface area (Å²) in [6.07, 6.45) is 0.561. The highest BCUT2D eigenvalue weighted by molar-refractivity contribution is 5.26. The minimum Gasteiger partial charge on any atom is -0.339 e. The zero-order valence-electron chi connectivity index (χ0n) is 9.15. The second-order valence-corrected chi connectivity index (χ2v) is 3.54. The smallest absolute Gasteiger partial charge is 0.226 e. The Bertz CT molecular complexity index is 527. The van der Waals surface area contributed by atoms with E-state index in [2.05, 4.69) is 10.1 Å². The van der Waals surface area contributed by atoms with Gasteiger partial charge in [0, 0.05) is 12.0 Å². The van der Waals surface area contributed by atoms with Crippen molar-refractivity contribution in [3.63, 3.8) is 0 Å². The van der Waals surface area contributed by atoms with Crippen LogP contribution in [0.15, 0.2) is 22.7 Å². The number of hydrogen-bond acceptors (Lipinski definition) is 4. The lowest BCUT2D eigenvalue weighted by Gasteiger charge is -2.08. The van der Waals surface area contributed by atoms with Gasteiger partial charge in [0.05, 0.1) is 6.04 Å². The maximum absolute atomic E-state index is 13.5. The van der Waals surface area contributed by atoms with E-state index in [0.717, 1.165) is 18.2 Å². The first kappa shape index (κ1) is 11.7. The molecule has 1 unspecified atom stereocenters. The van der Waals surface area contributed by atoms with Crippen LogP contribution in [0.5, 0.6) is 0 Å². The average molecular weight is 239 g/mol. The topological polar surface area (TPSA) is 64.9 Å². The molecule has 1 aromatic carbocycles. The molecule has 2 aromatic rings. The molecular weight excluding hydrogens is 228 g/mol. The molecule has 90 valence electrons. The van der Waals surface area contributed by atoms with Crippen molar-refractivity contribution < 1.29 is 13.3 Å². The van der Waals surface area contributed by atoms with Crippen molar-refractivity contribution >= 4 is 0 Å². The first-order valence-corrected chi connectivity index (χ1v) is 5.14. The Morgan fingerprint density at radius 1 is 1.41 bits per heavy atom. The van der Waals surface area contributed by atoms with Crippen LogP contribution in [0.25, 0.3) is 0 Å². The van der Waals surface area contributed by atoms with E-state index in [-0.39, 0.29) is 11.4 Å². The summed E-state index contributed by atoms with van der Waals surface area (Å²) in [6, 6.07) is 2.14. The molecular formula is C11H11F2N3O. The number of nitrogens with two attached hydrogens (primary N) is 1. The number of rotatable bonds is 3. The van der Waals surface area contributed by atoms with Crippen LogP contribution in [0.1, 0.15) is 30.2 Å². The van der Waals surface area contributed by atoms with Crippen molar-refractivity contribution in [2.75, 3.05) is 0 Å². The fourth-order valence-corrected chi connectivity index (χ4v) is 1.43. The molecule has 0 radical (unpaired) electrons. The number of aryl methyl sites for hydroxylation is 1. The molecule has 0 aliphatic rings. The molecule has 0 bridgehead atoms. The Labute approximate surface area is 96.4 Å². The van der Waals surface area contributed by atoms with Gasteiger partial charge in [0.25, 0.3) is 0 Å². The Kier molecular flexibility index (Phi) is 3.14. The van der Waals surface area contributed by atoms with E-state index < -0.39 is 17.7 Å². The van der Waals surface area contributed by atoms with Gasteiger partial charge in [-0.15, -0.1) is 0 Å². The highest BCUT2D eigenvalue weighted by atomic mass is 19.1. The van der Waals surface area contributed by atoms with Crippen molar-refractivity contribution in [2.45, 2.75) is 19.4 Å². The molecule has 0 amide bonds. The first-order valence-electron chi connectivity index (χ1n) is 5.14. The van der Waals surface area contributed by atoms with E-state index in [4.69, 9.17) is 10.3 Å². The summed E-state index contributed by atoms with van der Waals surface area (Å²) < 4.78 is 31.3. The first-order chi connectivity index (χ1) is 8.11. The van der Waals surface area contributed by atoms with Crippen molar-refractivity contribution in [3.05, 3.63) is 47.1 Å². The number of halogens is 2. The molecule has 0 saturated carbocycles. The third-order valence-electron chi connectivity index (χ3n) is 2.36. The number of hydrogen-bond donors (Lipinski definition) is 1. The fourth-order valence-electron chi connectivity index (χ4n) is 1.43. The van der Waals surface area contributed by atoms with Gasteiger partial charge in [-0.3, -0.25) is 0 Å². The zero-order valence-corrected chi connectivity index (χ0v) is 9.15. The second kappa shape index (κ2) is 4.58. The molecule has 1 aromatic heterocycles. The average Bonchev–Trinajstić information content (AvgIpc) is 2.80. The summed E-state index contributed by atoms with van der Waals surface area (Å²) in [6.45, 7) is 1.84. The standard InChI is InChI=1S/C11H11F2N3O/c1-2-9-15-11(16-17-9)10(14)7-5-6(12)3-4-8(7)13/h3-5,10H,2,14H2,1H3. The predicted octanol–water partition coefficient (Wildman–Crippen LogP) is 1.96. The molecule has 1 heterocycles. The van der Waals surface area contributed by atoms with Crippen molar-refractivity contribution in [2.24, 2.45) is 5.73 Å². The van der Waals surface area contributed by atoms with E-state index in [0.29, 0.717) is 12.3 Å². The SMILES string of the molecule is CCc1nc(C(N)c2cc(F)ccc2F)no1. The van der Waals surface area contributed by atoms with Gasteiger partial charge in [0.2, 0.25) is 5.89 Å². The number of nitrogens with zero attached hydrogens (tertiary/aromatic N) is 2. The van der Waals surface area contributed by atoms with Gasteiger partial charge in [0.1, 0.15) is 11.6 Å². The normalized spacial score (nSPS) is 12.7. The van der Waals surface area contributed by atoms with Gasteiger partial charge in [-0.25, -0.2) is 8.78 Å². The Balaban J connectivity index is 2.35. The summed E-state index contributed by atoms with van der Waals surface area (Å²) in [5.41, 5.74) is 5.77. The van der Waals surface area contributed by atoms with Crippen LogP contribution in [0.4, 0.5) is 8.78 Å². The maximum atomic E-state index is 13.5. The van der Waals surface area contributed by atoms with Crippen LogP contribution in [0, 0.1) is 11.6 Å². The van der Waals surface area contributed by atoms with E-state index in [9.17, 15) is 8.78 Å². The van der Waals surface area contributed by atoms with Crippen LogP contribution >= 0.6 is 0 Å². The number of benzene rings is 1. The van der Waals surface area contributed by atoms with Gasteiger partial charge < -0.3 is 10.3 Å². The zero-order chi connectivity index (χ0) is 12.4. The Hall–Kier alpha value is -1.82. The molecule has 0 aliphatic carbocycles. The molecule has 2 rings (SSSR count). The monoisotopic (exact) mass is 239 g/mol. The van der Waals surface area contributed by atoms with E-state index in [1.807, 2.05) is 6.92 Å². The molecule has 0 saturated heterocycles. The van der Waals surface area contributed by atoms with Crippen LogP contribution in [-0.2, 0) is 6.42 Å². The lowest BCUT2D eigenvalue weighted by molar-refractivity contribution is 0.374. The Morgan fingerprint density at radius 3 is 2.82 bits per heavy atom. The minimum atomic E-state index is -0.935. The summed E-state index contributed by atoms with van der Waals surface area (Å²) in [5.74, 6) is -0.601.